The Morgan fingerprint density at radius 1 is 1.23 bits per heavy atom. The fourth-order valence-electron chi connectivity index (χ4n) is 3.94. The van der Waals surface area contributed by atoms with Crippen molar-refractivity contribution in [1.82, 2.24) is 20.5 Å². The first kappa shape index (κ1) is 18.4. The smallest absolute Gasteiger partial charge is 0.272 e. The third kappa shape index (κ3) is 3.01. The van der Waals surface area contributed by atoms with Crippen LogP contribution in [0.25, 0.3) is 0 Å². The molecular weight excluding hydrogens is 382 g/mol. The number of aromatic amines is 1. The van der Waals surface area contributed by atoms with Crippen molar-refractivity contribution in [2.24, 2.45) is 0 Å². The van der Waals surface area contributed by atoms with E-state index in [9.17, 15) is 9.59 Å². The highest BCUT2D eigenvalue weighted by Gasteiger charge is 2.47. The van der Waals surface area contributed by atoms with Crippen molar-refractivity contribution < 1.29 is 14.3 Å². The second-order valence-electron chi connectivity index (χ2n) is 7.67. The molecule has 1 atom stereocenters. The number of H-pyrrole nitrogens is 1. The number of fused-ring (bicyclic) bond motifs is 1. The van der Waals surface area contributed by atoms with Crippen LogP contribution >= 0.6 is 0 Å². The minimum Gasteiger partial charge on any atom is -0.487 e. The molecule has 30 heavy (non-hydrogen) atoms. The molecule has 8 heteroatoms. The average Bonchev–Trinajstić information content (AvgIpc) is 3.47. The predicted molar refractivity (Wildman–Crippen MR) is 109 cm³/mol. The second-order valence-corrected chi connectivity index (χ2v) is 7.67. The zero-order valence-corrected chi connectivity index (χ0v) is 16.5. The maximum atomic E-state index is 12.8. The summed E-state index contributed by atoms with van der Waals surface area (Å²) in [6, 6.07) is 14.6. The van der Waals surface area contributed by atoms with Crippen LogP contribution in [0.2, 0.25) is 0 Å². The van der Waals surface area contributed by atoms with Gasteiger partial charge >= 0.3 is 0 Å². The maximum Gasteiger partial charge on any atom is 0.272 e. The van der Waals surface area contributed by atoms with Crippen LogP contribution in [0.1, 0.15) is 34.6 Å². The Morgan fingerprint density at radius 2 is 2.03 bits per heavy atom. The lowest BCUT2D eigenvalue weighted by Crippen LogP contribution is -2.49. The summed E-state index contributed by atoms with van der Waals surface area (Å²) in [5, 5.41) is 9.98. The summed E-state index contributed by atoms with van der Waals surface area (Å²) in [4.78, 5) is 31.2. The number of hydrogen-bond donors (Lipinski definition) is 2. The Kier molecular flexibility index (Phi) is 4.27. The Morgan fingerprint density at radius 3 is 2.80 bits per heavy atom. The summed E-state index contributed by atoms with van der Waals surface area (Å²) < 4.78 is 5.70. The summed E-state index contributed by atoms with van der Waals surface area (Å²) >= 11 is 0. The molecule has 3 aromatic rings. The summed E-state index contributed by atoms with van der Waals surface area (Å²) in [5.74, 6) is 0.223. The van der Waals surface area contributed by atoms with Crippen LogP contribution in [-0.4, -0.2) is 46.7 Å². The van der Waals surface area contributed by atoms with E-state index in [2.05, 4.69) is 32.6 Å². The van der Waals surface area contributed by atoms with Gasteiger partial charge < -0.3 is 10.1 Å². The Hall–Kier alpha value is -3.68. The monoisotopic (exact) mass is 403 g/mol. The molecule has 1 aliphatic carbocycles. The molecule has 0 radical (unpaired) electrons. The molecule has 2 N–H and O–H groups in total. The van der Waals surface area contributed by atoms with Crippen molar-refractivity contribution in [2.45, 2.75) is 24.3 Å². The van der Waals surface area contributed by atoms with Crippen LogP contribution in [0.5, 0.6) is 5.75 Å². The van der Waals surface area contributed by atoms with E-state index in [1.165, 1.54) is 10.5 Å². The van der Waals surface area contributed by atoms with E-state index in [4.69, 9.17) is 4.74 Å². The molecule has 0 saturated heterocycles. The zero-order chi connectivity index (χ0) is 20.7. The standard InChI is InChI=1S/C22H21N5O3/c1-27-19-17(8-5-11-23-19)30-13-16(21(27)29)24-20(28)15-12-18(26-25-15)22(9-10-22)14-6-3-2-4-7-14/h2-8,11-12,16H,9-10,13H2,1H3,(H,24,28)(H,25,26)/t16-/m0/s1. The van der Waals surface area contributed by atoms with Crippen molar-refractivity contribution in [3.05, 3.63) is 71.7 Å². The zero-order valence-electron chi connectivity index (χ0n) is 16.5. The Bertz CT molecular complexity index is 1110. The van der Waals surface area contributed by atoms with Crippen molar-refractivity contribution in [3.8, 4) is 5.75 Å². The molecule has 0 unspecified atom stereocenters. The van der Waals surface area contributed by atoms with E-state index in [1.807, 2.05) is 18.2 Å². The number of anilines is 1. The number of hydrogen-bond acceptors (Lipinski definition) is 5. The number of nitrogens with zero attached hydrogens (tertiary/aromatic N) is 3. The largest absolute Gasteiger partial charge is 0.487 e. The van der Waals surface area contributed by atoms with Crippen LogP contribution < -0.4 is 15.0 Å². The summed E-state index contributed by atoms with van der Waals surface area (Å²) in [6.07, 6.45) is 3.60. The SMILES string of the molecule is CN1C(=O)[C@@H](NC(=O)c2cc(C3(c4ccccc4)CC3)[nH]n2)COc2cccnc21. The summed E-state index contributed by atoms with van der Waals surface area (Å²) in [7, 11) is 1.62. The third-order valence-corrected chi connectivity index (χ3v) is 5.81. The molecule has 5 rings (SSSR count). The van der Waals surface area contributed by atoms with Gasteiger partial charge in [-0.05, 0) is 36.6 Å². The molecule has 2 aromatic heterocycles. The number of nitrogens with one attached hydrogen (secondary N) is 2. The van der Waals surface area contributed by atoms with Gasteiger partial charge in [0.15, 0.2) is 11.6 Å². The minimum absolute atomic E-state index is 0.0266. The van der Waals surface area contributed by atoms with Crippen molar-refractivity contribution in [3.63, 3.8) is 0 Å². The van der Waals surface area contributed by atoms with E-state index in [0.29, 0.717) is 11.6 Å². The number of amides is 2. The summed E-state index contributed by atoms with van der Waals surface area (Å²) in [6.45, 7) is 0.0266. The first-order chi connectivity index (χ1) is 14.6. The third-order valence-electron chi connectivity index (χ3n) is 5.81. The molecule has 3 heterocycles. The Labute approximate surface area is 173 Å². The Balaban J connectivity index is 1.33. The topological polar surface area (TPSA) is 100 Å². The van der Waals surface area contributed by atoms with E-state index in [1.54, 1.807) is 31.4 Å². The lowest BCUT2D eigenvalue weighted by atomic mass is 9.92. The molecular formula is C22H21N5O3. The van der Waals surface area contributed by atoms with Gasteiger partial charge in [0.25, 0.3) is 11.8 Å². The van der Waals surface area contributed by atoms with Crippen molar-refractivity contribution in [1.29, 1.82) is 0 Å². The van der Waals surface area contributed by atoms with Gasteiger partial charge in [-0.2, -0.15) is 5.10 Å². The van der Waals surface area contributed by atoms with Gasteiger partial charge in [-0.15, -0.1) is 0 Å². The number of rotatable bonds is 4. The van der Waals surface area contributed by atoms with Crippen LogP contribution in [-0.2, 0) is 10.2 Å². The molecule has 1 saturated carbocycles. The van der Waals surface area contributed by atoms with Crippen molar-refractivity contribution >= 4 is 17.6 Å². The number of aromatic nitrogens is 3. The number of carbonyl (C=O) groups is 2. The highest BCUT2D eigenvalue weighted by Crippen LogP contribution is 2.52. The van der Waals surface area contributed by atoms with Crippen molar-refractivity contribution in [2.75, 3.05) is 18.6 Å². The maximum absolute atomic E-state index is 12.8. The van der Waals surface area contributed by atoms with Crippen LogP contribution in [0.15, 0.2) is 54.7 Å². The number of likely N-dealkylation sites (N-methyl/N-ethyl adjacent to an activating group) is 1. The van der Waals surface area contributed by atoms with Gasteiger partial charge in [0.05, 0.1) is 0 Å². The van der Waals surface area contributed by atoms with E-state index < -0.39 is 11.9 Å². The van der Waals surface area contributed by atoms with Gasteiger partial charge in [-0.1, -0.05) is 30.3 Å². The molecule has 0 bridgehead atoms. The number of ether oxygens (including phenoxy) is 1. The molecule has 152 valence electrons. The quantitative estimate of drug-likeness (QED) is 0.694. The summed E-state index contributed by atoms with van der Waals surface area (Å²) in [5.41, 5.74) is 2.26. The van der Waals surface area contributed by atoms with Gasteiger partial charge in [-0.3, -0.25) is 19.6 Å². The molecule has 1 aliphatic heterocycles. The number of pyridine rings is 1. The molecule has 2 amide bonds. The second kappa shape index (κ2) is 6.98. The molecule has 1 fully saturated rings. The van der Waals surface area contributed by atoms with E-state index >= 15 is 0 Å². The first-order valence-corrected chi connectivity index (χ1v) is 9.86. The number of benzene rings is 1. The van der Waals surface area contributed by atoms with Gasteiger partial charge in [0, 0.05) is 24.4 Å². The van der Waals surface area contributed by atoms with E-state index in [0.717, 1.165) is 18.5 Å². The van der Waals surface area contributed by atoms with E-state index in [-0.39, 0.29) is 23.6 Å². The lowest BCUT2D eigenvalue weighted by molar-refractivity contribution is -0.120. The molecule has 2 aliphatic rings. The average molecular weight is 403 g/mol. The first-order valence-electron chi connectivity index (χ1n) is 9.86. The molecule has 1 aromatic carbocycles. The number of carbonyl (C=O) groups excluding carboxylic acids is 2. The minimum atomic E-state index is -0.833. The van der Waals surface area contributed by atoms with Gasteiger partial charge in [0.1, 0.15) is 18.3 Å². The fraction of sp³-hybridized carbons (Fsp3) is 0.273. The highest BCUT2D eigenvalue weighted by molar-refractivity contribution is 6.02. The fourth-order valence-corrected chi connectivity index (χ4v) is 3.94. The lowest BCUT2D eigenvalue weighted by Gasteiger charge is -2.19. The van der Waals surface area contributed by atoms with Crippen LogP contribution in [0.3, 0.4) is 0 Å². The van der Waals surface area contributed by atoms with Crippen LogP contribution in [0.4, 0.5) is 5.82 Å². The molecule has 0 spiro atoms. The van der Waals surface area contributed by atoms with Gasteiger partial charge in [-0.25, -0.2) is 4.98 Å². The highest BCUT2D eigenvalue weighted by atomic mass is 16.5. The molecule has 8 nitrogen and oxygen atoms in total. The predicted octanol–water partition coefficient (Wildman–Crippen LogP) is 2.04. The van der Waals surface area contributed by atoms with Crippen LogP contribution in [0, 0.1) is 0 Å². The normalized spacial score (nSPS) is 19.4. The van der Waals surface area contributed by atoms with Gasteiger partial charge in [0.2, 0.25) is 0 Å².